The summed E-state index contributed by atoms with van der Waals surface area (Å²) in [6.45, 7) is 0. The van der Waals surface area contributed by atoms with Gasteiger partial charge in [0.2, 0.25) is 0 Å². The SMILES string of the molecule is CNC(=O)N(C)C1c2ccccc2Oc2cccc(OC)c21. The normalized spacial score (nSPS) is 15.1. The molecule has 0 spiro atoms. The van der Waals surface area contributed by atoms with Gasteiger partial charge in [0.25, 0.3) is 0 Å². The van der Waals surface area contributed by atoms with Crippen molar-refractivity contribution in [3.05, 3.63) is 53.6 Å². The number of hydrogen-bond donors (Lipinski definition) is 1. The van der Waals surface area contributed by atoms with Crippen molar-refractivity contribution in [3.8, 4) is 17.2 Å². The average Bonchev–Trinajstić information content (AvgIpc) is 2.57. The van der Waals surface area contributed by atoms with E-state index < -0.39 is 0 Å². The summed E-state index contributed by atoms with van der Waals surface area (Å²) in [6.07, 6.45) is 0. The minimum absolute atomic E-state index is 0.168. The molecule has 0 aromatic heterocycles. The fourth-order valence-electron chi connectivity index (χ4n) is 2.83. The predicted octanol–water partition coefficient (Wildman–Crippen LogP) is 3.16. The van der Waals surface area contributed by atoms with E-state index in [-0.39, 0.29) is 12.1 Å². The maximum Gasteiger partial charge on any atom is 0.317 e. The zero-order valence-corrected chi connectivity index (χ0v) is 12.8. The van der Waals surface area contributed by atoms with E-state index >= 15 is 0 Å². The molecule has 114 valence electrons. The lowest BCUT2D eigenvalue weighted by Crippen LogP contribution is -2.39. The van der Waals surface area contributed by atoms with Crippen LogP contribution in [0.15, 0.2) is 42.5 Å². The van der Waals surface area contributed by atoms with Gasteiger partial charge in [-0.05, 0) is 18.2 Å². The minimum Gasteiger partial charge on any atom is -0.496 e. The molecule has 0 fully saturated rings. The number of methoxy groups -OCH3 is 1. The minimum atomic E-state index is -0.268. The second-order valence-corrected chi connectivity index (χ2v) is 5.08. The van der Waals surface area contributed by atoms with Gasteiger partial charge in [-0.25, -0.2) is 4.79 Å². The highest BCUT2D eigenvalue weighted by atomic mass is 16.5. The zero-order chi connectivity index (χ0) is 15.7. The lowest BCUT2D eigenvalue weighted by molar-refractivity contribution is 0.196. The summed E-state index contributed by atoms with van der Waals surface area (Å²) in [5, 5.41) is 2.67. The third-order valence-electron chi connectivity index (χ3n) is 3.87. The average molecular weight is 298 g/mol. The Morgan fingerprint density at radius 1 is 1.18 bits per heavy atom. The molecule has 2 aromatic rings. The molecule has 0 radical (unpaired) electrons. The quantitative estimate of drug-likeness (QED) is 0.926. The van der Waals surface area contributed by atoms with E-state index in [4.69, 9.17) is 9.47 Å². The number of fused-ring (bicyclic) bond motifs is 2. The molecule has 0 bridgehead atoms. The maximum absolute atomic E-state index is 12.2. The number of carbonyl (C=O) groups is 1. The van der Waals surface area contributed by atoms with Crippen LogP contribution in [0, 0.1) is 0 Å². The van der Waals surface area contributed by atoms with Gasteiger partial charge in [-0.3, -0.25) is 0 Å². The van der Waals surface area contributed by atoms with Crippen LogP contribution in [0.4, 0.5) is 4.79 Å². The molecule has 1 aliphatic heterocycles. The van der Waals surface area contributed by atoms with Crippen molar-refractivity contribution in [2.75, 3.05) is 21.2 Å². The van der Waals surface area contributed by atoms with E-state index in [1.54, 1.807) is 26.1 Å². The molecule has 3 rings (SSSR count). The molecule has 0 saturated heterocycles. The predicted molar refractivity (Wildman–Crippen MR) is 83.6 cm³/mol. The Morgan fingerprint density at radius 2 is 1.91 bits per heavy atom. The summed E-state index contributed by atoms with van der Waals surface area (Å²) in [5.41, 5.74) is 1.79. The first-order valence-electron chi connectivity index (χ1n) is 7.05. The lowest BCUT2D eigenvalue weighted by Gasteiger charge is -2.35. The molecule has 1 atom stereocenters. The van der Waals surface area contributed by atoms with Crippen molar-refractivity contribution in [2.45, 2.75) is 6.04 Å². The smallest absolute Gasteiger partial charge is 0.317 e. The summed E-state index contributed by atoms with van der Waals surface area (Å²) >= 11 is 0. The maximum atomic E-state index is 12.2. The standard InChI is InChI=1S/C17H18N2O3/c1-18-17(20)19(2)16-11-7-4-5-8-12(11)22-14-10-6-9-13(21-3)15(14)16/h4-10,16H,1-3H3,(H,18,20). The summed E-state index contributed by atoms with van der Waals surface area (Å²) < 4.78 is 11.5. The van der Waals surface area contributed by atoms with Crippen molar-refractivity contribution < 1.29 is 14.3 Å². The van der Waals surface area contributed by atoms with Crippen molar-refractivity contribution in [2.24, 2.45) is 0 Å². The summed E-state index contributed by atoms with van der Waals surface area (Å²) in [6, 6.07) is 12.9. The summed E-state index contributed by atoms with van der Waals surface area (Å²) in [7, 11) is 5.00. The van der Waals surface area contributed by atoms with Crippen LogP contribution >= 0.6 is 0 Å². The lowest BCUT2D eigenvalue weighted by atomic mass is 9.93. The van der Waals surface area contributed by atoms with E-state index in [0.29, 0.717) is 11.5 Å². The molecule has 1 N–H and O–H groups in total. The van der Waals surface area contributed by atoms with Crippen molar-refractivity contribution in [3.63, 3.8) is 0 Å². The van der Waals surface area contributed by atoms with Gasteiger partial charge in [0.1, 0.15) is 17.2 Å². The molecular formula is C17H18N2O3. The molecule has 1 heterocycles. The molecule has 22 heavy (non-hydrogen) atoms. The van der Waals surface area contributed by atoms with Gasteiger partial charge < -0.3 is 19.7 Å². The number of nitrogens with zero attached hydrogens (tertiary/aromatic N) is 1. The number of ether oxygens (including phenoxy) is 2. The third kappa shape index (κ3) is 2.15. The highest BCUT2D eigenvalue weighted by Crippen LogP contribution is 2.48. The summed E-state index contributed by atoms with van der Waals surface area (Å²) in [4.78, 5) is 13.8. The van der Waals surface area contributed by atoms with Gasteiger partial charge in [0.05, 0.1) is 18.7 Å². The number of carbonyl (C=O) groups excluding carboxylic acids is 1. The van der Waals surface area contributed by atoms with Gasteiger partial charge in [0, 0.05) is 19.7 Å². The van der Waals surface area contributed by atoms with E-state index in [9.17, 15) is 4.79 Å². The molecule has 1 aliphatic rings. The van der Waals surface area contributed by atoms with Crippen LogP contribution in [-0.4, -0.2) is 32.1 Å². The van der Waals surface area contributed by atoms with E-state index in [2.05, 4.69) is 5.32 Å². The molecule has 1 unspecified atom stereocenters. The largest absolute Gasteiger partial charge is 0.496 e. The molecular weight excluding hydrogens is 280 g/mol. The van der Waals surface area contributed by atoms with Crippen molar-refractivity contribution in [1.82, 2.24) is 10.2 Å². The highest BCUT2D eigenvalue weighted by Gasteiger charge is 2.34. The van der Waals surface area contributed by atoms with E-state index in [0.717, 1.165) is 16.9 Å². The van der Waals surface area contributed by atoms with Crippen LogP contribution in [0.1, 0.15) is 17.2 Å². The number of nitrogens with one attached hydrogen (secondary N) is 1. The van der Waals surface area contributed by atoms with Crippen LogP contribution < -0.4 is 14.8 Å². The van der Waals surface area contributed by atoms with Crippen LogP contribution in [0.2, 0.25) is 0 Å². The van der Waals surface area contributed by atoms with Gasteiger partial charge in [-0.2, -0.15) is 0 Å². The Labute approximate surface area is 129 Å². The van der Waals surface area contributed by atoms with E-state index in [1.807, 2.05) is 42.5 Å². The Morgan fingerprint density at radius 3 is 2.64 bits per heavy atom. The van der Waals surface area contributed by atoms with Crippen LogP contribution in [-0.2, 0) is 0 Å². The second kappa shape index (κ2) is 5.60. The van der Waals surface area contributed by atoms with Gasteiger partial charge in [0.15, 0.2) is 0 Å². The molecule has 2 aromatic carbocycles. The third-order valence-corrected chi connectivity index (χ3v) is 3.87. The fourth-order valence-corrected chi connectivity index (χ4v) is 2.83. The number of hydrogen-bond acceptors (Lipinski definition) is 3. The first-order chi connectivity index (χ1) is 10.7. The van der Waals surface area contributed by atoms with Crippen molar-refractivity contribution >= 4 is 6.03 Å². The molecule has 5 nitrogen and oxygen atoms in total. The summed E-state index contributed by atoms with van der Waals surface area (Å²) in [5.74, 6) is 2.16. The van der Waals surface area contributed by atoms with Crippen LogP contribution in [0.5, 0.6) is 17.2 Å². The van der Waals surface area contributed by atoms with Crippen LogP contribution in [0.25, 0.3) is 0 Å². The molecule has 5 heteroatoms. The van der Waals surface area contributed by atoms with Gasteiger partial charge in [-0.1, -0.05) is 24.3 Å². The molecule has 2 amide bonds. The number of benzene rings is 2. The first kappa shape index (κ1) is 14.3. The van der Waals surface area contributed by atoms with Gasteiger partial charge in [-0.15, -0.1) is 0 Å². The number of amides is 2. The van der Waals surface area contributed by atoms with E-state index in [1.165, 1.54) is 0 Å². The monoisotopic (exact) mass is 298 g/mol. The Hall–Kier alpha value is -2.69. The zero-order valence-electron chi connectivity index (χ0n) is 12.8. The highest BCUT2D eigenvalue weighted by molar-refractivity contribution is 5.76. The topological polar surface area (TPSA) is 50.8 Å². The Balaban J connectivity index is 2.21. The molecule has 0 saturated carbocycles. The number of urea groups is 1. The van der Waals surface area contributed by atoms with Crippen molar-refractivity contribution in [1.29, 1.82) is 0 Å². The first-order valence-corrected chi connectivity index (χ1v) is 7.05. The Bertz CT molecular complexity index is 715. The number of para-hydroxylation sites is 1. The fraction of sp³-hybridized carbons (Fsp3) is 0.235. The molecule has 0 aliphatic carbocycles. The Kier molecular flexibility index (Phi) is 3.63. The van der Waals surface area contributed by atoms with Gasteiger partial charge >= 0.3 is 6.03 Å². The number of rotatable bonds is 2. The second-order valence-electron chi connectivity index (χ2n) is 5.08. The van der Waals surface area contributed by atoms with Crippen LogP contribution in [0.3, 0.4) is 0 Å².